The number of nitrogens with zero attached hydrogens (tertiary/aromatic N) is 1. The lowest BCUT2D eigenvalue weighted by atomic mass is 9.94. The van der Waals surface area contributed by atoms with Crippen LogP contribution < -0.4 is 0 Å². The quantitative estimate of drug-likeness (QED) is 0.684. The highest BCUT2D eigenvalue weighted by Gasteiger charge is 2.31. The maximum Gasteiger partial charge on any atom is 0.306 e. The van der Waals surface area contributed by atoms with E-state index >= 15 is 0 Å². The van der Waals surface area contributed by atoms with Crippen LogP contribution in [0, 0.1) is 11.8 Å². The SMILES string of the molecule is CC(=O)N1CCC(C(C)C(=O)O)C1. The predicted octanol–water partition coefficient (Wildman–Crippen LogP) is 0.575. The lowest BCUT2D eigenvalue weighted by Crippen LogP contribution is -2.28. The molecule has 2 atom stereocenters. The number of hydrogen-bond acceptors (Lipinski definition) is 2. The third kappa shape index (κ3) is 2.20. The van der Waals surface area contributed by atoms with Gasteiger partial charge in [-0.05, 0) is 12.3 Å². The number of hydrogen-bond donors (Lipinski definition) is 1. The highest BCUT2D eigenvalue weighted by atomic mass is 16.4. The molecule has 0 radical (unpaired) electrons. The van der Waals surface area contributed by atoms with E-state index < -0.39 is 5.97 Å². The zero-order chi connectivity index (χ0) is 10.0. The molecule has 1 heterocycles. The van der Waals surface area contributed by atoms with Crippen molar-refractivity contribution in [2.75, 3.05) is 13.1 Å². The number of rotatable bonds is 2. The fourth-order valence-corrected chi connectivity index (χ4v) is 1.68. The molecule has 1 rings (SSSR count). The molecule has 0 aliphatic carbocycles. The van der Waals surface area contributed by atoms with Gasteiger partial charge in [0.05, 0.1) is 5.92 Å². The molecule has 0 aromatic carbocycles. The van der Waals surface area contributed by atoms with Crippen molar-refractivity contribution in [3.05, 3.63) is 0 Å². The Hall–Kier alpha value is -1.06. The van der Waals surface area contributed by atoms with Crippen LogP contribution in [0.5, 0.6) is 0 Å². The highest BCUT2D eigenvalue weighted by Crippen LogP contribution is 2.23. The van der Waals surface area contributed by atoms with Gasteiger partial charge in [-0.15, -0.1) is 0 Å². The van der Waals surface area contributed by atoms with E-state index in [9.17, 15) is 9.59 Å². The Morgan fingerprint density at radius 3 is 2.54 bits per heavy atom. The zero-order valence-corrected chi connectivity index (χ0v) is 7.99. The second-order valence-corrected chi connectivity index (χ2v) is 3.64. The van der Waals surface area contributed by atoms with Crippen LogP contribution >= 0.6 is 0 Å². The molecule has 0 spiro atoms. The molecule has 0 aromatic rings. The van der Waals surface area contributed by atoms with E-state index in [1.165, 1.54) is 6.92 Å². The molecule has 74 valence electrons. The van der Waals surface area contributed by atoms with E-state index in [1.54, 1.807) is 11.8 Å². The number of likely N-dealkylation sites (tertiary alicyclic amines) is 1. The van der Waals surface area contributed by atoms with Crippen molar-refractivity contribution in [2.45, 2.75) is 20.3 Å². The van der Waals surface area contributed by atoms with Gasteiger partial charge in [-0.3, -0.25) is 9.59 Å². The summed E-state index contributed by atoms with van der Waals surface area (Å²) in [6, 6.07) is 0. The molecular weight excluding hydrogens is 170 g/mol. The second kappa shape index (κ2) is 3.77. The van der Waals surface area contributed by atoms with E-state index in [-0.39, 0.29) is 17.7 Å². The van der Waals surface area contributed by atoms with Gasteiger partial charge in [0, 0.05) is 20.0 Å². The van der Waals surface area contributed by atoms with Gasteiger partial charge in [0.25, 0.3) is 0 Å². The van der Waals surface area contributed by atoms with Gasteiger partial charge >= 0.3 is 5.97 Å². The molecule has 0 saturated carbocycles. The molecule has 1 fully saturated rings. The van der Waals surface area contributed by atoms with E-state index in [4.69, 9.17) is 5.11 Å². The first-order valence-electron chi connectivity index (χ1n) is 4.50. The van der Waals surface area contributed by atoms with E-state index in [0.717, 1.165) is 6.42 Å². The molecule has 1 aliphatic heterocycles. The minimum absolute atomic E-state index is 0.0417. The Morgan fingerprint density at radius 2 is 2.15 bits per heavy atom. The summed E-state index contributed by atoms with van der Waals surface area (Å²) in [6.45, 7) is 4.53. The van der Waals surface area contributed by atoms with Crippen LogP contribution in [0.15, 0.2) is 0 Å². The lowest BCUT2D eigenvalue weighted by Gasteiger charge is -2.16. The Morgan fingerprint density at radius 1 is 1.54 bits per heavy atom. The summed E-state index contributed by atoms with van der Waals surface area (Å²) in [5.41, 5.74) is 0. The smallest absolute Gasteiger partial charge is 0.306 e. The number of aliphatic carboxylic acids is 1. The Balaban J connectivity index is 2.49. The van der Waals surface area contributed by atoms with Crippen LogP contribution in [0.3, 0.4) is 0 Å². The highest BCUT2D eigenvalue weighted by molar-refractivity contribution is 5.74. The van der Waals surface area contributed by atoms with Crippen molar-refractivity contribution in [3.8, 4) is 0 Å². The van der Waals surface area contributed by atoms with Crippen molar-refractivity contribution >= 4 is 11.9 Å². The van der Waals surface area contributed by atoms with Gasteiger partial charge in [0.15, 0.2) is 0 Å². The topological polar surface area (TPSA) is 57.6 Å². The minimum atomic E-state index is -0.768. The molecular formula is C9H15NO3. The number of carboxylic acids is 1. The van der Waals surface area contributed by atoms with Gasteiger partial charge in [-0.1, -0.05) is 6.92 Å². The molecule has 1 N–H and O–H groups in total. The van der Waals surface area contributed by atoms with Crippen LogP contribution in [-0.2, 0) is 9.59 Å². The average Bonchev–Trinajstić information content (AvgIpc) is 2.50. The monoisotopic (exact) mass is 185 g/mol. The maximum absolute atomic E-state index is 11.0. The van der Waals surface area contributed by atoms with Crippen LogP contribution in [0.1, 0.15) is 20.3 Å². The fraction of sp³-hybridized carbons (Fsp3) is 0.778. The van der Waals surface area contributed by atoms with Gasteiger partial charge in [0.1, 0.15) is 0 Å². The summed E-state index contributed by atoms with van der Waals surface area (Å²) in [6.07, 6.45) is 0.813. The molecule has 0 bridgehead atoms. The van der Waals surface area contributed by atoms with E-state index in [2.05, 4.69) is 0 Å². The summed E-state index contributed by atoms with van der Waals surface area (Å²) in [4.78, 5) is 23.3. The first kappa shape index (κ1) is 10.0. The normalized spacial score (nSPS) is 24.5. The standard InChI is InChI=1S/C9H15NO3/c1-6(9(12)13)8-3-4-10(5-8)7(2)11/h6,8H,3-5H2,1-2H3,(H,12,13). The van der Waals surface area contributed by atoms with E-state index in [0.29, 0.717) is 13.1 Å². The predicted molar refractivity (Wildman–Crippen MR) is 47.2 cm³/mol. The Bertz CT molecular complexity index is 227. The second-order valence-electron chi connectivity index (χ2n) is 3.64. The van der Waals surface area contributed by atoms with Crippen LogP contribution in [0.25, 0.3) is 0 Å². The maximum atomic E-state index is 11.0. The molecule has 13 heavy (non-hydrogen) atoms. The molecule has 4 nitrogen and oxygen atoms in total. The first-order chi connectivity index (χ1) is 6.02. The third-order valence-electron chi connectivity index (χ3n) is 2.77. The van der Waals surface area contributed by atoms with Crippen molar-refractivity contribution in [3.63, 3.8) is 0 Å². The Kier molecular flexibility index (Phi) is 2.90. The fourth-order valence-electron chi connectivity index (χ4n) is 1.68. The van der Waals surface area contributed by atoms with Gasteiger partial charge in [-0.25, -0.2) is 0 Å². The summed E-state index contributed by atoms with van der Waals surface area (Å²) < 4.78 is 0. The molecule has 1 saturated heterocycles. The lowest BCUT2D eigenvalue weighted by molar-refractivity contribution is -0.143. The Labute approximate surface area is 77.5 Å². The van der Waals surface area contributed by atoms with Crippen LogP contribution in [-0.4, -0.2) is 35.0 Å². The van der Waals surface area contributed by atoms with Gasteiger partial charge in [0.2, 0.25) is 5.91 Å². The summed E-state index contributed by atoms with van der Waals surface area (Å²) in [5.74, 6) is -0.943. The summed E-state index contributed by atoms with van der Waals surface area (Å²) >= 11 is 0. The van der Waals surface area contributed by atoms with Crippen molar-refractivity contribution in [2.24, 2.45) is 11.8 Å². The number of carbonyl (C=O) groups is 2. The van der Waals surface area contributed by atoms with Crippen molar-refractivity contribution in [1.29, 1.82) is 0 Å². The van der Waals surface area contributed by atoms with Crippen molar-refractivity contribution in [1.82, 2.24) is 4.90 Å². The third-order valence-corrected chi connectivity index (χ3v) is 2.77. The summed E-state index contributed by atoms with van der Waals surface area (Å²) in [7, 11) is 0. The van der Waals surface area contributed by atoms with Crippen LogP contribution in [0.2, 0.25) is 0 Å². The largest absolute Gasteiger partial charge is 0.481 e. The minimum Gasteiger partial charge on any atom is -0.481 e. The zero-order valence-electron chi connectivity index (χ0n) is 7.99. The average molecular weight is 185 g/mol. The summed E-state index contributed by atoms with van der Waals surface area (Å²) in [5, 5.41) is 8.76. The number of carboxylic acid groups (broad SMARTS) is 1. The molecule has 2 unspecified atom stereocenters. The van der Waals surface area contributed by atoms with Crippen LogP contribution in [0.4, 0.5) is 0 Å². The first-order valence-corrected chi connectivity index (χ1v) is 4.50. The van der Waals surface area contributed by atoms with Gasteiger partial charge < -0.3 is 10.0 Å². The molecule has 1 amide bonds. The molecule has 4 heteroatoms. The molecule has 0 aromatic heterocycles. The van der Waals surface area contributed by atoms with Gasteiger partial charge in [-0.2, -0.15) is 0 Å². The molecule has 1 aliphatic rings. The number of amides is 1. The van der Waals surface area contributed by atoms with E-state index in [1.807, 2.05) is 0 Å². The van der Waals surface area contributed by atoms with Crippen molar-refractivity contribution < 1.29 is 14.7 Å². The number of carbonyl (C=O) groups excluding carboxylic acids is 1.